The second-order valence-corrected chi connectivity index (χ2v) is 6.96. The Labute approximate surface area is 139 Å². The molecule has 0 bridgehead atoms. The lowest BCUT2D eigenvalue weighted by Crippen LogP contribution is -2.13. The molecule has 0 saturated heterocycles. The van der Waals surface area contributed by atoms with Crippen LogP contribution in [0.4, 0.5) is 0 Å². The van der Waals surface area contributed by atoms with E-state index < -0.39 is 11.9 Å². The van der Waals surface area contributed by atoms with Gasteiger partial charge in [-0.1, -0.05) is 27.7 Å². The molecule has 0 heterocycles. The predicted octanol–water partition coefficient (Wildman–Crippen LogP) is 3.92. The summed E-state index contributed by atoms with van der Waals surface area (Å²) in [5.74, 6) is -0.292. The highest BCUT2D eigenvalue weighted by atomic mass is 127. The Kier molecular flexibility index (Phi) is 7.14. The van der Waals surface area contributed by atoms with E-state index in [0.29, 0.717) is 24.3 Å². The number of halogens is 1. The first-order valence-electron chi connectivity index (χ1n) is 6.94. The van der Waals surface area contributed by atoms with Gasteiger partial charge >= 0.3 is 11.9 Å². The van der Waals surface area contributed by atoms with Crippen LogP contribution in [0, 0.1) is 15.4 Å². The molecule has 21 heavy (non-hydrogen) atoms. The van der Waals surface area contributed by atoms with Crippen LogP contribution in [-0.4, -0.2) is 25.2 Å². The number of hydrogen-bond acceptors (Lipinski definition) is 4. The summed E-state index contributed by atoms with van der Waals surface area (Å²) in [5, 5.41) is 0. The predicted molar refractivity (Wildman–Crippen MR) is 89.4 cm³/mol. The third-order valence-corrected chi connectivity index (χ3v) is 3.09. The molecule has 0 aliphatic heterocycles. The summed E-state index contributed by atoms with van der Waals surface area (Å²) in [7, 11) is 0. The normalized spacial score (nSPS) is 10.8. The van der Waals surface area contributed by atoms with Crippen molar-refractivity contribution in [2.75, 3.05) is 13.2 Å². The Bertz CT molecular complexity index is 467. The van der Waals surface area contributed by atoms with Crippen molar-refractivity contribution in [3.8, 4) is 0 Å². The van der Waals surface area contributed by atoms with Gasteiger partial charge in [-0.3, -0.25) is 0 Å². The number of ether oxygens (including phenoxy) is 2. The van der Waals surface area contributed by atoms with E-state index in [2.05, 4.69) is 22.6 Å². The Balaban J connectivity index is 2.84. The average Bonchev–Trinajstić information content (AvgIpc) is 2.41. The fraction of sp³-hybridized carbons (Fsp3) is 0.500. The summed E-state index contributed by atoms with van der Waals surface area (Å²) in [6.07, 6.45) is 0. The summed E-state index contributed by atoms with van der Waals surface area (Å²) in [6.45, 7) is 8.59. The monoisotopic (exact) mass is 404 g/mol. The van der Waals surface area contributed by atoms with Crippen LogP contribution < -0.4 is 0 Å². The summed E-state index contributed by atoms with van der Waals surface area (Å²) in [5.41, 5.74) is 0.748. The topological polar surface area (TPSA) is 52.6 Å². The molecule has 0 radical (unpaired) electrons. The molecule has 116 valence electrons. The van der Waals surface area contributed by atoms with Crippen molar-refractivity contribution < 1.29 is 19.1 Å². The van der Waals surface area contributed by atoms with E-state index in [1.54, 1.807) is 12.1 Å². The van der Waals surface area contributed by atoms with E-state index in [9.17, 15) is 9.59 Å². The number of esters is 2. The number of hydrogen-bond donors (Lipinski definition) is 0. The van der Waals surface area contributed by atoms with Crippen LogP contribution in [0.15, 0.2) is 18.2 Å². The van der Waals surface area contributed by atoms with Crippen LogP contribution >= 0.6 is 22.6 Å². The van der Waals surface area contributed by atoms with Gasteiger partial charge in [0.2, 0.25) is 0 Å². The first-order chi connectivity index (χ1) is 9.79. The van der Waals surface area contributed by atoms with Crippen molar-refractivity contribution in [1.29, 1.82) is 0 Å². The van der Waals surface area contributed by atoms with Crippen LogP contribution in [0.2, 0.25) is 0 Å². The molecule has 0 aliphatic carbocycles. The molecule has 1 rings (SSSR count). The Morgan fingerprint density at radius 1 is 0.905 bits per heavy atom. The largest absolute Gasteiger partial charge is 0.462 e. The second-order valence-electron chi connectivity index (χ2n) is 5.71. The number of rotatable bonds is 6. The molecule has 4 nitrogen and oxygen atoms in total. The molecular formula is C16H21IO4. The maximum Gasteiger partial charge on any atom is 0.338 e. The van der Waals surface area contributed by atoms with Gasteiger partial charge in [-0.2, -0.15) is 0 Å². The van der Waals surface area contributed by atoms with Gasteiger partial charge in [0.05, 0.1) is 24.3 Å². The fourth-order valence-corrected chi connectivity index (χ4v) is 2.15. The lowest BCUT2D eigenvalue weighted by Gasteiger charge is -2.10. The molecule has 0 unspecified atom stereocenters. The van der Waals surface area contributed by atoms with Crippen molar-refractivity contribution in [1.82, 2.24) is 0 Å². The molecule has 0 atom stereocenters. The van der Waals surface area contributed by atoms with Gasteiger partial charge in [-0.25, -0.2) is 9.59 Å². The Morgan fingerprint density at radius 2 is 1.29 bits per heavy atom. The standard InChI is InChI=1S/C16H21IO4/c1-10(2)8-20-15(18)12-5-13(7-14(17)6-12)16(19)21-9-11(3)4/h5-7,10-11H,8-9H2,1-4H3. The van der Waals surface area contributed by atoms with Gasteiger partial charge in [0.25, 0.3) is 0 Å². The quantitative estimate of drug-likeness (QED) is 0.533. The molecule has 0 amide bonds. The summed E-state index contributed by atoms with van der Waals surface area (Å²) >= 11 is 2.07. The summed E-state index contributed by atoms with van der Waals surface area (Å²) in [6, 6.07) is 4.92. The molecule has 1 aromatic rings. The van der Waals surface area contributed by atoms with Crippen molar-refractivity contribution in [2.45, 2.75) is 27.7 Å². The van der Waals surface area contributed by atoms with Gasteiger partial charge in [0, 0.05) is 3.57 Å². The smallest absolute Gasteiger partial charge is 0.338 e. The third-order valence-electron chi connectivity index (χ3n) is 2.46. The molecule has 0 N–H and O–H groups in total. The molecule has 0 aromatic heterocycles. The first kappa shape index (κ1) is 17.9. The van der Waals surface area contributed by atoms with Gasteiger partial charge in [-0.15, -0.1) is 0 Å². The Hall–Kier alpha value is -1.11. The molecule has 5 heteroatoms. The molecule has 0 spiro atoms. The fourth-order valence-electron chi connectivity index (χ4n) is 1.48. The zero-order valence-corrected chi connectivity index (χ0v) is 15.0. The van der Waals surface area contributed by atoms with Crippen molar-refractivity contribution in [2.24, 2.45) is 11.8 Å². The minimum Gasteiger partial charge on any atom is -0.462 e. The number of benzene rings is 1. The number of carbonyl (C=O) groups is 2. The van der Waals surface area contributed by atoms with Gasteiger partial charge in [-0.05, 0) is 52.6 Å². The maximum atomic E-state index is 12.0. The highest BCUT2D eigenvalue weighted by molar-refractivity contribution is 14.1. The van der Waals surface area contributed by atoms with E-state index in [1.165, 1.54) is 6.07 Å². The zero-order chi connectivity index (χ0) is 16.0. The van der Waals surface area contributed by atoms with E-state index in [-0.39, 0.29) is 11.8 Å². The van der Waals surface area contributed by atoms with E-state index in [0.717, 1.165) is 3.57 Å². The molecular weight excluding hydrogens is 383 g/mol. The van der Waals surface area contributed by atoms with E-state index in [1.807, 2.05) is 27.7 Å². The first-order valence-corrected chi connectivity index (χ1v) is 8.02. The summed E-state index contributed by atoms with van der Waals surface area (Å²) in [4.78, 5) is 23.9. The van der Waals surface area contributed by atoms with Crippen molar-refractivity contribution >= 4 is 34.5 Å². The maximum absolute atomic E-state index is 12.0. The third kappa shape index (κ3) is 6.46. The van der Waals surface area contributed by atoms with Crippen LogP contribution in [0.25, 0.3) is 0 Å². The lowest BCUT2D eigenvalue weighted by atomic mass is 10.1. The van der Waals surface area contributed by atoms with Gasteiger partial charge in [0.15, 0.2) is 0 Å². The molecule has 0 fully saturated rings. The SMILES string of the molecule is CC(C)COC(=O)c1cc(I)cc(C(=O)OCC(C)C)c1. The van der Waals surface area contributed by atoms with Crippen LogP contribution in [-0.2, 0) is 9.47 Å². The molecule has 0 saturated carbocycles. The zero-order valence-electron chi connectivity index (χ0n) is 12.8. The van der Waals surface area contributed by atoms with Gasteiger partial charge < -0.3 is 9.47 Å². The van der Waals surface area contributed by atoms with Crippen molar-refractivity contribution in [3.05, 3.63) is 32.9 Å². The van der Waals surface area contributed by atoms with Gasteiger partial charge in [0.1, 0.15) is 0 Å². The minimum atomic E-state index is -0.417. The second kappa shape index (κ2) is 8.36. The summed E-state index contributed by atoms with van der Waals surface area (Å²) < 4.78 is 11.2. The number of carbonyl (C=O) groups excluding carboxylic acids is 2. The Morgan fingerprint density at radius 3 is 1.62 bits per heavy atom. The lowest BCUT2D eigenvalue weighted by molar-refractivity contribution is 0.0456. The minimum absolute atomic E-state index is 0.271. The van der Waals surface area contributed by atoms with Crippen LogP contribution in [0.5, 0.6) is 0 Å². The van der Waals surface area contributed by atoms with Crippen LogP contribution in [0.3, 0.4) is 0 Å². The molecule has 0 aliphatic rings. The average molecular weight is 404 g/mol. The molecule has 1 aromatic carbocycles. The van der Waals surface area contributed by atoms with E-state index in [4.69, 9.17) is 9.47 Å². The highest BCUT2D eigenvalue weighted by Crippen LogP contribution is 2.15. The van der Waals surface area contributed by atoms with Crippen molar-refractivity contribution in [3.63, 3.8) is 0 Å². The van der Waals surface area contributed by atoms with Crippen LogP contribution in [0.1, 0.15) is 48.4 Å². The highest BCUT2D eigenvalue weighted by Gasteiger charge is 2.15. The van der Waals surface area contributed by atoms with E-state index >= 15 is 0 Å².